The van der Waals surface area contributed by atoms with Gasteiger partial charge in [-0.05, 0) is 48.2 Å². The van der Waals surface area contributed by atoms with Crippen LogP contribution in [-0.4, -0.2) is 25.0 Å². The van der Waals surface area contributed by atoms with Crippen molar-refractivity contribution in [2.24, 2.45) is 0 Å². The second-order valence-corrected chi connectivity index (χ2v) is 7.91. The zero-order valence-electron chi connectivity index (χ0n) is 13.4. The number of carbonyl (C=O) groups is 1. The number of rotatable bonds is 5. The van der Waals surface area contributed by atoms with Crippen molar-refractivity contribution in [3.8, 4) is 11.1 Å². The predicted octanol–water partition coefficient (Wildman–Crippen LogP) is 3.17. The quantitative estimate of drug-likeness (QED) is 0.855. The van der Waals surface area contributed by atoms with E-state index < -0.39 is 21.5 Å². The number of nitrogens with one attached hydrogen (secondary N) is 1. The smallest absolute Gasteiger partial charge is 0.324 e. The van der Waals surface area contributed by atoms with Crippen molar-refractivity contribution in [1.82, 2.24) is 4.72 Å². The Balaban J connectivity index is 1.85. The molecule has 5 nitrogen and oxygen atoms in total. The van der Waals surface area contributed by atoms with Crippen molar-refractivity contribution in [3.05, 3.63) is 54.3 Å². The number of aliphatic carboxylic acids is 1. The standard InChI is InChI=1S/C18H18FNO4S/c19-15-7-3-13(4-8-15)14-5-9-16(10-6-14)25(23,24)20-18(17(21)22)11-1-2-12-18/h3-10,20H,1-2,11-12H2,(H,21,22). The fraction of sp³-hybridized carbons (Fsp3) is 0.278. The molecule has 3 rings (SSSR count). The second kappa shape index (κ2) is 6.57. The topological polar surface area (TPSA) is 83.5 Å². The molecule has 0 heterocycles. The maximum absolute atomic E-state index is 13.0. The summed E-state index contributed by atoms with van der Waals surface area (Å²) in [4.78, 5) is 11.5. The lowest BCUT2D eigenvalue weighted by molar-refractivity contribution is -0.143. The highest BCUT2D eigenvalue weighted by atomic mass is 32.2. The van der Waals surface area contributed by atoms with Crippen molar-refractivity contribution >= 4 is 16.0 Å². The molecule has 7 heteroatoms. The summed E-state index contributed by atoms with van der Waals surface area (Å²) in [5, 5.41) is 9.43. The van der Waals surface area contributed by atoms with Gasteiger partial charge in [-0.1, -0.05) is 37.1 Å². The number of hydrogen-bond donors (Lipinski definition) is 2. The molecule has 0 saturated heterocycles. The van der Waals surface area contributed by atoms with Gasteiger partial charge in [-0.25, -0.2) is 12.8 Å². The van der Waals surface area contributed by atoms with Crippen LogP contribution in [-0.2, 0) is 14.8 Å². The fourth-order valence-electron chi connectivity index (χ4n) is 3.12. The Morgan fingerprint density at radius 2 is 1.44 bits per heavy atom. The molecule has 0 aromatic heterocycles. The summed E-state index contributed by atoms with van der Waals surface area (Å²) in [5.41, 5.74) is 0.0814. The van der Waals surface area contributed by atoms with E-state index in [-0.39, 0.29) is 23.6 Å². The Bertz CT molecular complexity index is 870. The van der Waals surface area contributed by atoms with Crippen LogP contribution in [0.2, 0.25) is 0 Å². The van der Waals surface area contributed by atoms with Gasteiger partial charge in [0.1, 0.15) is 11.4 Å². The molecular weight excluding hydrogens is 345 g/mol. The van der Waals surface area contributed by atoms with Gasteiger partial charge < -0.3 is 5.11 Å². The van der Waals surface area contributed by atoms with Gasteiger partial charge in [0.2, 0.25) is 10.0 Å². The molecule has 132 valence electrons. The number of hydrogen-bond acceptors (Lipinski definition) is 3. The van der Waals surface area contributed by atoms with Crippen LogP contribution in [0.4, 0.5) is 4.39 Å². The van der Waals surface area contributed by atoms with Crippen molar-refractivity contribution in [1.29, 1.82) is 0 Å². The Morgan fingerprint density at radius 3 is 1.92 bits per heavy atom. The van der Waals surface area contributed by atoms with Gasteiger partial charge in [0.25, 0.3) is 0 Å². The SMILES string of the molecule is O=C(O)C1(NS(=O)(=O)c2ccc(-c3ccc(F)cc3)cc2)CCCC1. The van der Waals surface area contributed by atoms with E-state index in [1.54, 1.807) is 24.3 Å². The van der Waals surface area contributed by atoms with Crippen LogP contribution in [0.3, 0.4) is 0 Å². The molecule has 0 unspecified atom stereocenters. The average molecular weight is 363 g/mol. The largest absolute Gasteiger partial charge is 0.480 e. The first-order chi connectivity index (χ1) is 11.8. The second-order valence-electron chi connectivity index (χ2n) is 6.23. The minimum absolute atomic E-state index is 0.00545. The molecule has 0 aliphatic heterocycles. The van der Waals surface area contributed by atoms with E-state index >= 15 is 0 Å². The lowest BCUT2D eigenvalue weighted by Gasteiger charge is -2.25. The highest BCUT2D eigenvalue weighted by Crippen LogP contribution is 2.32. The van der Waals surface area contributed by atoms with Gasteiger partial charge in [-0.2, -0.15) is 4.72 Å². The molecule has 1 aliphatic rings. The fourth-order valence-corrected chi connectivity index (χ4v) is 4.54. The van der Waals surface area contributed by atoms with E-state index in [9.17, 15) is 22.7 Å². The summed E-state index contributed by atoms with van der Waals surface area (Å²) in [6.07, 6.45) is 1.93. The summed E-state index contributed by atoms with van der Waals surface area (Å²) in [5.74, 6) is -1.49. The Labute approximate surface area is 145 Å². The Morgan fingerprint density at radius 1 is 0.960 bits per heavy atom. The Hall–Kier alpha value is -2.25. The van der Waals surface area contributed by atoms with Gasteiger partial charge in [0.15, 0.2) is 0 Å². The van der Waals surface area contributed by atoms with Crippen LogP contribution in [0, 0.1) is 5.82 Å². The third kappa shape index (κ3) is 3.57. The number of halogens is 1. The monoisotopic (exact) mass is 363 g/mol. The van der Waals surface area contributed by atoms with Crippen LogP contribution in [0.25, 0.3) is 11.1 Å². The van der Waals surface area contributed by atoms with Crippen molar-refractivity contribution in [3.63, 3.8) is 0 Å². The van der Waals surface area contributed by atoms with Gasteiger partial charge in [-0.3, -0.25) is 4.79 Å². The minimum atomic E-state index is -3.94. The first-order valence-electron chi connectivity index (χ1n) is 7.96. The van der Waals surface area contributed by atoms with Crippen LogP contribution in [0.15, 0.2) is 53.4 Å². The van der Waals surface area contributed by atoms with Crippen LogP contribution < -0.4 is 4.72 Å². The van der Waals surface area contributed by atoms with Crippen molar-refractivity contribution < 1.29 is 22.7 Å². The molecule has 0 bridgehead atoms. The summed E-state index contributed by atoms with van der Waals surface area (Å²) < 4.78 is 40.5. The van der Waals surface area contributed by atoms with E-state index in [0.717, 1.165) is 11.1 Å². The summed E-state index contributed by atoms with van der Waals surface area (Å²) >= 11 is 0. The van der Waals surface area contributed by atoms with Gasteiger partial charge in [0, 0.05) is 0 Å². The molecule has 0 atom stereocenters. The van der Waals surface area contributed by atoms with Crippen molar-refractivity contribution in [2.45, 2.75) is 36.1 Å². The molecule has 2 aromatic carbocycles. The summed E-state index contributed by atoms with van der Waals surface area (Å²) in [7, 11) is -3.94. The number of benzene rings is 2. The maximum Gasteiger partial charge on any atom is 0.324 e. The van der Waals surface area contributed by atoms with Gasteiger partial charge in [-0.15, -0.1) is 0 Å². The highest BCUT2D eigenvalue weighted by Gasteiger charge is 2.44. The van der Waals surface area contributed by atoms with E-state index in [1.165, 1.54) is 24.3 Å². The van der Waals surface area contributed by atoms with Gasteiger partial charge in [0.05, 0.1) is 4.90 Å². The predicted molar refractivity (Wildman–Crippen MR) is 91.0 cm³/mol. The summed E-state index contributed by atoms with van der Waals surface area (Å²) in [6, 6.07) is 11.9. The molecule has 2 aromatic rings. The molecule has 1 fully saturated rings. The molecule has 25 heavy (non-hydrogen) atoms. The summed E-state index contributed by atoms with van der Waals surface area (Å²) in [6.45, 7) is 0. The van der Waals surface area contributed by atoms with Crippen molar-refractivity contribution in [2.75, 3.05) is 0 Å². The molecular formula is C18H18FNO4S. The molecule has 2 N–H and O–H groups in total. The normalized spacial score (nSPS) is 16.7. The molecule has 1 saturated carbocycles. The zero-order valence-corrected chi connectivity index (χ0v) is 14.2. The molecule has 0 radical (unpaired) electrons. The zero-order chi connectivity index (χ0) is 18.1. The lowest BCUT2D eigenvalue weighted by Crippen LogP contribution is -2.52. The third-order valence-corrected chi connectivity index (χ3v) is 6.09. The Kier molecular flexibility index (Phi) is 4.62. The first-order valence-corrected chi connectivity index (χ1v) is 9.44. The molecule has 1 aliphatic carbocycles. The molecule has 0 spiro atoms. The van der Waals surface area contributed by atoms with Gasteiger partial charge >= 0.3 is 5.97 Å². The number of sulfonamides is 1. The minimum Gasteiger partial charge on any atom is -0.480 e. The van der Waals surface area contributed by atoms with E-state index in [1.807, 2.05) is 0 Å². The number of carboxylic acids is 1. The number of carboxylic acid groups (broad SMARTS) is 1. The van der Waals surface area contributed by atoms with E-state index in [0.29, 0.717) is 12.8 Å². The average Bonchev–Trinajstić information content (AvgIpc) is 3.05. The highest BCUT2D eigenvalue weighted by molar-refractivity contribution is 7.89. The van der Waals surface area contributed by atoms with Crippen LogP contribution in [0.1, 0.15) is 25.7 Å². The first kappa shape index (κ1) is 17.6. The van der Waals surface area contributed by atoms with E-state index in [4.69, 9.17) is 0 Å². The third-order valence-electron chi connectivity index (χ3n) is 4.54. The van der Waals surface area contributed by atoms with E-state index in [2.05, 4.69) is 4.72 Å². The lowest BCUT2D eigenvalue weighted by atomic mass is 10.0. The van der Waals surface area contributed by atoms with Crippen LogP contribution in [0.5, 0.6) is 0 Å². The maximum atomic E-state index is 13.0. The van der Waals surface area contributed by atoms with Crippen LogP contribution >= 0.6 is 0 Å². The molecule has 0 amide bonds.